The first-order chi connectivity index (χ1) is 7.65. The Morgan fingerprint density at radius 1 is 1.69 bits per heavy atom. The lowest BCUT2D eigenvalue weighted by atomic mass is 10.3. The highest BCUT2D eigenvalue weighted by Crippen LogP contribution is 2.28. The third kappa shape index (κ3) is 2.61. The van der Waals surface area contributed by atoms with Gasteiger partial charge in [-0.05, 0) is 11.8 Å². The van der Waals surface area contributed by atoms with Crippen molar-refractivity contribution in [3.8, 4) is 0 Å². The molecule has 0 aliphatic heterocycles. The van der Waals surface area contributed by atoms with Crippen LogP contribution in [0.1, 0.15) is 5.69 Å². The van der Waals surface area contributed by atoms with Gasteiger partial charge in [0.1, 0.15) is 0 Å². The summed E-state index contributed by atoms with van der Waals surface area (Å²) in [5.41, 5.74) is 0.592. The van der Waals surface area contributed by atoms with E-state index < -0.39 is 5.97 Å². The number of carbonyl (C=O) groups is 1. The van der Waals surface area contributed by atoms with Crippen molar-refractivity contribution in [3.05, 3.63) is 23.5 Å². The van der Waals surface area contributed by atoms with Gasteiger partial charge in [0.05, 0.1) is 12.1 Å². The monoisotopic (exact) mass is 255 g/mol. The molecule has 0 saturated heterocycles. The Balaban J connectivity index is 2.08. The summed E-state index contributed by atoms with van der Waals surface area (Å²) >= 11 is 2.87. The summed E-state index contributed by atoms with van der Waals surface area (Å²) in [4.78, 5) is 18.9. The molecular weight excluding hydrogens is 246 g/mol. The molecular formula is C9H9N3O2S2. The second-order valence-electron chi connectivity index (χ2n) is 3.10. The van der Waals surface area contributed by atoms with Crippen LogP contribution >= 0.6 is 23.1 Å². The molecule has 0 aliphatic carbocycles. The summed E-state index contributed by atoms with van der Waals surface area (Å²) in [6, 6.07) is 0. The molecule has 5 nitrogen and oxygen atoms in total. The number of imidazole rings is 1. The third-order valence-electron chi connectivity index (χ3n) is 1.82. The molecule has 1 N–H and O–H groups in total. The Bertz CT molecular complexity index is 506. The van der Waals surface area contributed by atoms with E-state index in [4.69, 9.17) is 5.11 Å². The number of thiazole rings is 1. The highest BCUT2D eigenvalue weighted by Gasteiger charge is 2.09. The molecule has 7 heteroatoms. The number of aliphatic carboxylic acids is 1. The summed E-state index contributed by atoms with van der Waals surface area (Å²) in [5.74, 6) is -0.862. The Morgan fingerprint density at radius 2 is 2.50 bits per heavy atom. The second-order valence-corrected chi connectivity index (χ2v) is 5.17. The molecule has 0 amide bonds. The number of rotatable bonds is 4. The molecule has 16 heavy (non-hydrogen) atoms. The fourth-order valence-corrected chi connectivity index (χ4v) is 2.84. The van der Waals surface area contributed by atoms with Crippen molar-refractivity contribution >= 4 is 29.1 Å². The van der Waals surface area contributed by atoms with E-state index in [2.05, 4.69) is 9.97 Å². The van der Waals surface area contributed by atoms with Crippen LogP contribution in [0.2, 0.25) is 0 Å². The van der Waals surface area contributed by atoms with Gasteiger partial charge in [-0.25, -0.2) is 9.97 Å². The first-order valence-electron chi connectivity index (χ1n) is 4.46. The first-order valence-corrected chi connectivity index (χ1v) is 6.16. The van der Waals surface area contributed by atoms with E-state index in [1.165, 1.54) is 23.1 Å². The molecule has 0 spiro atoms. The number of hydrogen-bond acceptors (Lipinski definition) is 5. The summed E-state index contributed by atoms with van der Waals surface area (Å²) < 4.78 is 2.70. The minimum atomic E-state index is -0.862. The number of carboxylic acid groups (broad SMARTS) is 1. The van der Waals surface area contributed by atoms with Gasteiger partial charge in [-0.1, -0.05) is 0 Å². The van der Waals surface area contributed by atoms with Crippen LogP contribution in [0.15, 0.2) is 27.3 Å². The van der Waals surface area contributed by atoms with Gasteiger partial charge in [-0.15, -0.1) is 11.3 Å². The van der Waals surface area contributed by atoms with Crippen molar-refractivity contribution in [2.24, 2.45) is 7.05 Å². The van der Waals surface area contributed by atoms with Crippen LogP contribution in [-0.2, 0) is 18.3 Å². The Morgan fingerprint density at radius 3 is 3.12 bits per heavy atom. The highest BCUT2D eigenvalue weighted by molar-refractivity contribution is 8.00. The van der Waals surface area contributed by atoms with Crippen LogP contribution in [0.25, 0.3) is 0 Å². The SMILES string of the molecule is Cn1ccnc1Sc1nc(CC(=O)O)cs1. The van der Waals surface area contributed by atoms with Gasteiger partial charge in [0, 0.05) is 24.8 Å². The van der Waals surface area contributed by atoms with Crippen molar-refractivity contribution in [1.29, 1.82) is 0 Å². The Kier molecular flexibility index (Phi) is 3.25. The maximum absolute atomic E-state index is 10.5. The van der Waals surface area contributed by atoms with E-state index in [1.807, 2.05) is 17.8 Å². The predicted molar refractivity (Wildman–Crippen MR) is 60.8 cm³/mol. The number of hydrogen-bond donors (Lipinski definition) is 1. The zero-order valence-corrected chi connectivity index (χ0v) is 10.1. The number of aryl methyl sites for hydroxylation is 1. The molecule has 84 valence electrons. The standard InChI is InChI=1S/C9H9N3O2S2/c1-12-3-2-10-8(12)16-9-11-6(5-15-9)4-7(13)14/h2-3,5H,4H2,1H3,(H,13,14). The smallest absolute Gasteiger partial charge is 0.309 e. The zero-order valence-electron chi connectivity index (χ0n) is 8.45. The van der Waals surface area contributed by atoms with Gasteiger partial charge in [-0.2, -0.15) is 0 Å². The number of nitrogens with zero attached hydrogens (tertiary/aromatic N) is 3. The van der Waals surface area contributed by atoms with Gasteiger partial charge < -0.3 is 9.67 Å². The minimum absolute atomic E-state index is 0.0301. The van der Waals surface area contributed by atoms with E-state index >= 15 is 0 Å². The number of aromatic nitrogens is 3. The lowest BCUT2D eigenvalue weighted by molar-refractivity contribution is -0.136. The van der Waals surface area contributed by atoms with Crippen molar-refractivity contribution in [3.63, 3.8) is 0 Å². The molecule has 2 heterocycles. The van der Waals surface area contributed by atoms with Crippen LogP contribution in [0.5, 0.6) is 0 Å². The molecule has 0 radical (unpaired) electrons. The van der Waals surface area contributed by atoms with Gasteiger partial charge in [0.15, 0.2) is 9.50 Å². The summed E-state index contributed by atoms with van der Waals surface area (Å²) in [5, 5.41) is 11.2. The molecule has 0 aliphatic rings. The maximum atomic E-state index is 10.5. The second kappa shape index (κ2) is 4.67. The van der Waals surface area contributed by atoms with E-state index in [1.54, 1.807) is 11.6 Å². The first kappa shape index (κ1) is 11.2. The van der Waals surface area contributed by atoms with Gasteiger partial charge in [0.2, 0.25) is 0 Å². The van der Waals surface area contributed by atoms with Crippen molar-refractivity contribution < 1.29 is 9.90 Å². The van der Waals surface area contributed by atoms with Gasteiger partial charge >= 0.3 is 5.97 Å². The molecule has 2 aromatic heterocycles. The van der Waals surface area contributed by atoms with Crippen molar-refractivity contribution in [1.82, 2.24) is 14.5 Å². The average molecular weight is 255 g/mol. The molecule has 0 atom stereocenters. The molecule has 0 bridgehead atoms. The van der Waals surface area contributed by atoms with E-state index in [9.17, 15) is 4.79 Å². The zero-order chi connectivity index (χ0) is 11.5. The molecule has 0 fully saturated rings. The summed E-state index contributed by atoms with van der Waals surface area (Å²) in [6.07, 6.45) is 3.54. The number of carboxylic acids is 1. The van der Waals surface area contributed by atoms with Gasteiger partial charge in [-0.3, -0.25) is 4.79 Å². The highest BCUT2D eigenvalue weighted by atomic mass is 32.2. The van der Waals surface area contributed by atoms with Crippen LogP contribution in [0.3, 0.4) is 0 Å². The van der Waals surface area contributed by atoms with Gasteiger partial charge in [0.25, 0.3) is 0 Å². The predicted octanol–water partition coefficient (Wildman–Crippen LogP) is 1.65. The molecule has 0 saturated carbocycles. The fourth-order valence-electron chi connectivity index (χ4n) is 1.10. The van der Waals surface area contributed by atoms with E-state index in [0.29, 0.717) is 5.69 Å². The summed E-state index contributed by atoms with van der Waals surface area (Å²) in [6.45, 7) is 0. The largest absolute Gasteiger partial charge is 0.481 e. The Hall–Kier alpha value is -1.34. The maximum Gasteiger partial charge on any atom is 0.309 e. The lowest BCUT2D eigenvalue weighted by Crippen LogP contribution is -1.99. The molecule has 2 aromatic rings. The van der Waals surface area contributed by atoms with Crippen LogP contribution in [-0.4, -0.2) is 25.6 Å². The quantitative estimate of drug-likeness (QED) is 0.899. The van der Waals surface area contributed by atoms with Crippen LogP contribution < -0.4 is 0 Å². The third-order valence-corrected chi connectivity index (χ3v) is 3.88. The van der Waals surface area contributed by atoms with E-state index in [0.717, 1.165) is 9.50 Å². The van der Waals surface area contributed by atoms with E-state index in [-0.39, 0.29) is 6.42 Å². The lowest BCUT2D eigenvalue weighted by Gasteiger charge is -1.96. The van der Waals surface area contributed by atoms with Crippen LogP contribution in [0, 0.1) is 0 Å². The normalized spacial score (nSPS) is 10.6. The van der Waals surface area contributed by atoms with Crippen molar-refractivity contribution in [2.45, 2.75) is 15.9 Å². The molecule has 0 aromatic carbocycles. The average Bonchev–Trinajstić information content (AvgIpc) is 2.77. The summed E-state index contributed by atoms with van der Waals surface area (Å²) in [7, 11) is 1.90. The topological polar surface area (TPSA) is 68.0 Å². The molecule has 2 rings (SSSR count). The fraction of sp³-hybridized carbons (Fsp3) is 0.222. The minimum Gasteiger partial charge on any atom is -0.481 e. The van der Waals surface area contributed by atoms with Crippen LogP contribution in [0.4, 0.5) is 0 Å². The molecule has 0 unspecified atom stereocenters. The van der Waals surface area contributed by atoms with Crippen molar-refractivity contribution in [2.75, 3.05) is 0 Å². The Labute approximate surface area is 100 Å².